The normalized spacial score (nSPS) is 20.9. The molecule has 3 nitrogen and oxygen atoms in total. The zero-order valence-corrected chi connectivity index (χ0v) is 9.30. The Morgan fingerprint density at radius 2 is 2.36 bits per heavy atom. The number of fused-ring (bicyclic) bond motifs is 1. The van der Waals surface area contributed by atoms with Gasteiger partial charge in [-0.3, -0.25) is 4.68 Å². The average Bonchev–Trinajstić information content (AvgIpc) is 2.44. The Balaban J connectivity index is 2.37. The maximum absolute atomic E-state index is 4.51. The number of nitrogens with zero attached hydrogens (tertiary/aromatic N) is 2. The van der Waals surface area contributed by atoms with Crippen LogP contribution in [0.1, 0.15) is 35.7 Å². The van der Waals surface area contributed by atoms with Gasteiger partial charge in [-0.25, -0.2) is 0 Å². The molecule has 0 amide bonds. The van der Waals surface area contributed by atoms with Crippen LogP contribution in [0.4, 0.5) is 0 Å². The lowest BCUT2D eigenvalue weighted by molar-refractivity contribution is 0.495. The molecule has 1 unspecified atom stereocenters. The van der Waals surface area contributed by atoms with Crippen LogP contribution in [-0.2, 0) is 13.5 Å². The Morgan fingerprint density at radius 3 is 3.07 bits per heavy atom. The molecule has 1 aromatic rings. The van der Waals surface area contributed by atoms with Crippen molar-refractivity contribution in [2.75, 3.05) is 13.6 Å². The number of hydrogen-bond donors (Lipinski definition) is 1. The molecule has 0 fully saturated rings. The summed E-state index contributed by atoms with van der Waals surface area (Å²) in [6.07, 6.45) is 3.83. The van der Waals surface area contributed by atoms with Crippen molar-refractivity contribution in [3.63, 3.8) is 0 Å². The summed E-state index contributed by atoms with van der Waals surface area (Å²) in [5.74, 6) is 0.662. The zero-order chi connectivity index (χ0) is 10.1. The van der Waals surface area contributed by atoms with Crippen molar-refractivity contribution in [3.8, 4) is 0 Å². The largest absolute Gasteiger partial charge is 0.319 e. The van der Waals surface area contributed by atoms with Crippen LogP contribution in [0.25, 0.3) is 0 Å². The van der Waals surface area contributed by atoms with Crippen LogP contribution in [0.2, 0.25) is 0 Å². The molecule has 1 heterocycles. The molecule has 0 saturated heterocycles. The summed E-state index contributed by atoms with van der Waals surface area (Å²) in [7, 11) is 4.09. The first-order valence-electron chi connectivity index (χ1n) is 5.41. The average molecular weight is 193 g/mol. The van der Waals surface area contributed by atoms with Gasteiger partial charge in [0.25, 0.3) is 0 Å². The second kappa shape index (κ2) is 3.73. The molecule has 1 aromatic heterocycles. The summed E-state index contributed by atoms with van der Waals surface area (Å²) >= 11 is 0. The lowest BCUT2D eigenvalue weighted by atomic mass is 9.86. The van der Waals surface area contributed by atoms with Gasteiger partial charge < -0.3 is 5.32 Å². The second-order valence-electron chi connectivity index (χ2n) is 4.22. The van der Waals surface area contributed by atoms with Crippen molar-refractivity contribution < 1.29 is 0 Å². The third-order valence-electron chi connectivity index (χ3n) is 3.21. The predicted molar refractivity (Wildman–Crippen MR) is 57.6 cm³/mol. The number of aryl methyl sites for hydroxylation is 2. The summed E-state index contributed by atoms with van der Waals surface area (Å²) in [5.41, 5.74) is 4.19. The summed E-state index contributed by atoms with van der Waals surface area (Å²) in [6.45, 7) is 3.20. The van der Waals surface area contributed by atoms with E-state index in [9.17, 15) is 0 Å². The van der Waals surface area contributed by atoms with Crippen LogP contribution >= 0.6 is 0 Å². The molecule has 14 heavy (non-hydrogen) atoms. The van der Waals surface area contributed by atoms with Crippen molar-refractivity contribution in [1.82, 2.24) is 15.1 Å². The molecule has 0 bridgehead atoms. The minimum absolute atomic E-state index is 0.662. The number of nitrogens with one attached hydrogen (secondary N) is 1. The summed E-state index contributed by atoms with van der Waals surface area (Å²) in [4.78, 5) is 0. The fourth-order valence-electron chi connectivity index (χ4n) is 2.65. The van der Waals surface area contributed by atoms with Gasteiger partial charge in [-0.2, -0.15) is 5.10 Å². The van der Waals surface area contributed by atoms with E-state index in [1.807, 2.05) is 7.05 Å². The van der Waals surface area contributed by atoms with E-state index < -0.39 is 0 Å². The van der Waals surface area contributed by atoms with Crippen molar-refractivity contribution in [1.29, 1.82) is 0 Å². The van der Waals surface area contributed by atoms with Crippen molar-refractivity contribution >= 4 is 0 Å². The van der Waals surface area contributed by atoms with E-state index in [1.54, 1.807) is 0 Å². The molecule has 2 rings (SSSR count). The topological polar surface area (TPSA) is 29.9 Å². The van der Waals surface area contributed by atoms with Gasteiger partial charge in [0.05, 0.1) is 5.69 Å². The van der Waals surface area contributed by atoms with Crippen LogP contribution in [0.3, 0.4) is 0 Å². The summed E-state index contributed by atoms with van der Waals surface area (Å²) < 4.78 is 2.08. The number of likely N-dealkylation sites (N-methyl/N-ethyl adjacent to an activating group) is 1. The monoisotopic (exact) mass is 193 g/mol. The van der Waals surface area contributed by atoms with Crippen molar-refractivity contribution in [2.24, 2.45) is 7.05 Å². The molecule has 0 radical (unpaired) electrons. The molecular weight excluding hydrogens is 174 g/mol. The number of aromatic nitrogens is 2. The molecule has 1 aliphatic rings. The van der Waals surface area contributed by atoms with Crippen LogP contribution in [-0.4, -0.2) is 23.4 Å². The van der Waals surface area contributed by atoms with Crippen LogP contribution in [0.15, 0.2) is 0 Å². The molecular formula is C11H19N3. The molecule has 78 valence electrons. The van der Waals surface area contributed by atoms with E-state index in [0.29, 0.717) is 5.92 Å². The maximum Gasteiger partial charge on any atom is 0.0628 e. The van der Waals surface area contributed by atoms with Crippen LogP contribution in [0, 0.1) is 6.92 Å². The standard InChI is InChI=1S/C11H19N3/c1-8-10-6-4-5-9(7-12-2)11(10)14(3)13-8/h9,12H,4-7H2,1-3H3. The lowest BCUT2D eigenvalue weighted by Gasteiger charge is -2.23. The predicted octanol–water partition coefficient (Wildman–Crippen LogP) is 1.37. The van der Waals surface area contributed by atoms with E-state index >= 15 is 0 Å². The quantitative estimate of drug-likeness (QED) is 0.768. The molecule has 0 aromatic carbocycles. The molecule has 1 N–H and O–H groups in total. The minimum atomic E-state index is 0.662. The highest BCUT2D eigenvalue weighted by Crippen LogP contribution is 2.32. The summed E-state index contributed by atoms with van der Waals surface area (Å²) in [6, 6.07) is 0. The summed E-state index contributed by atoms with van der Waals surface area (Å²) in [5, 5.41) is 7.79. The van der Waals surface area contributed by atoms with Crippen LogP contribution in [0.5, 0.6) is 0 Å². The van der Waals surface area contributed by atoms with Gasteiger partial charge >= 0.3 is 0 Å². The third-order valence-corrected chi connectivity index (χ3v) is 3.21. The Morgan fingerprint density at radius 1 is 1.57 bits per heavy atom. The first-order valence-corrected chi connectivity index (χ1v) is 5.41. The molecule has 1 aliphatic carbocycles. The fourth-order valence-corrected chi connectivity index (χ4v) is 2.65. The molecule has 0 saturated carbocycles. The van der Waals surface area contributed by atoms with E-state index in [2.05, 4.69) is 29.1 Å². The van der Waals surface area contributed by atoms with Crippen molar-refractivity contribution in [3.05, 3.63) is 17.0 Å². The highest BCUT2D eigenvalue weighted by atomic mass is 15.3. The Bertz CT molecular complexity index is 328. The molecule has 1 atom stereocenters. The lowest BCUT2D eigenvalue weighted by Crippen LogP contribution is -2.23. The first-order chi connectivity index (χ1) is 6.74. The van der Waals surface area contributed by atoms with Crippen LogP contribution < -0.4 is 5.32 Å². The second-order valence-corrected chi connectivity index (χ2v) is 4.22. The first kappa shape index (κ1) is 9.71. The van der Waals surface area contributed by atoms with E-state index in [4.69, 9.17) is 0 Å². The Hall–Kier alpha value is -0.830. The van der Waals surface area contributed by atoms with Gasteiger partial charge in [0.2, 0.25) is 0 Å². The van der Waals surface area contributed by atoms with E-state index in [-0.39, 0.29) is 0 Å². The Kier molecular flexibility index (Phi) is 2.59. The highest BCUT2D eigenvalue weighted by molar-refractivity contribution is 5.31. The van der Waals surface area contributed by atoms with Gasteiger partial charge in [0.1, 0.15) is 0 Å². The van der Waals surface area contributed by atoms with Gasteiger partial charge in [-0.15, -0.1) is 0 Å². The van der Waals surface area contributed by atoms with Gasteiger partial charge in [-0.1, -0.05) is 0 Å². The van der Waals surface area contributed by atoms with Gasteiger partial charge in [0, 0.05) is 25.2 Å². The zero-order valence-electron chi connectivity index (χ0n) is 9.30. The minimum Gasteiger partial charge on any atom is -0.319 e. The molecule has 3 heteroatoms. The number of rotatable bonds is 2. The highest BCUT2D eigenvalue weighted by Gasteiger charge is 2.25. The maximum atomic E-state index is 4.51. The fraction of sp³-hybridized carbons (Fsp3) is 0.727. The van der Waals surface area contributed by atoms with E-state index in [0.717, 1.165) is 6.54 Å². The van der Waals surface area contributed by atoms with Crippen molar-refractivity contribution in [2.45, 2.75) is 32.1 Å². The molecule has 0 spiro atoms. The van der Waals surface area contributed by atoms with E-state index in [1.165, 1.54) is 36.2 Å². The van der Waals surface area contributed by atoms with Gasteiger partial charge in [-0.05, 0) is 38.8 Å². The SMILES string of the molecule is CNCC1CCCc2c(C)nn(C)c21. The third kappa shape index (κ3) is 1.46. The van der Waals surface area contributed by atoms with Gasteiger partial charge in [0.15, 0.2) is 0 Å². The Labute approximate surface area is 85.5 Å². The molecule has 0 aliphatic heterocycles. The number of hydrogen-bond acceptors (Lipinski definition) is 2. The smallest absolute Gasteiger partial charge is 0.0628 e.